The van der Waals surface area contributed by atoms with Crippen molar-refractivity contribution in [2.45, 2.75) is 57.3 Å². The molecular weight excluding hydrogens is 206 g/mol. The van der Waals surface area contributed by atoms with Gasteiger partial charge in [-0.1, -0.05) is 25.0 Å². The fourth-order valence-electron chi connectivity index (χ4n) is 2.21. The molecule has 2 N–H and O–H groups in total. The summed E-state index contributed by atoms with van der Waals surface area (Å²) in [7, 11) is 0. The third kappa shape index (κ3) is 2.25. The SMILES string of the molecule is CCC(O)c1cn(C2CCCCC2O)nn1. The van der Waals surface area contributed by atoms with E-state index in [1.54, 1.807) is 10.9 Å². The highest BCUT2D eigenvalue weighted by atomic mass is 16.3. The van der Waals surface area contributed by atoms with Crippen molar-refractivity contribution in [3.8, 4) is 0 Å². The maximum atomic E-state index is 9.88. The van der Waals surface area contributed by atoms with E-state index in [1.807, 2.05) is 6.92 Å². The van der Waals surface area contributed by atoms with E-state index in [2.05, 4.69) is 10.3 Å². The Hall–Kier alpha value is -0.940. The Morgan fingerprint density at radius 1 is 1.50 bits per heavy atom. The largest absolute Gasteiger partial charge is 0.391 e. The minimum absolute atomic E-state index is 0.0269. The van der Waals surface area contributed by atoms with Crippen LogP contribution in [0.3, 0.4) is 0 Å². The van der Waals surface area contributed by atoms with Crippen LogP contribution in [0.25, 0.3) is 0 Å². The topological polar surface area (TPSA) is 71.2 Å². The Morgan fingerprint density at radius 2 is 2.25 bits per heavy atom. The zero-order chi connectivity index (χ0) is 11.5. The van der Waals surface area contributed by atoms with Crippen LogP contribution in [0.5, 0.6) is 0 Å². The van der Waals surface area contributed by atoms with E-state index in [-0.39, 0.29) is 12.1 Å². The highest BCUT2D eigenvalue weighted by Gasteiger charge is 2.26. The summed E-state index contributed by atoms with van der Waals surface area (Å²) in [6.07, 6.45) is 5.47. The van der Waals surface area contributed by atoms with E-state index in [9.17, 15) is 10.2 Å². The van der Waals surface area contributed by atoms with E-state index in [4.69, 9.17) is 0 Å². The summed E-state index contributed by atoms with van der Waals surface area (Å²) in [5.41, 5.74) is 0.597. The highest BCUT2D eigenvalue weighted by Crippen LogP contribution is 2.28. The van der Waals surface area contributed by atoms with Crippen molar-refractivity contribution in [3.63, 3.8) is 0 Å². The van der Waals surface area contributed by atoms with Crippen LogP contribution in [0.15, 0.2) is 6.20 Å². The summed E-state index contributed by atoms with van der Waals surface area (Å²) in [5.74, 6) is 0. The Balaban J connectivity index is 2.11. The van der Waals surface area contributed by atoms with Gasteiger partial charge in [0.05, 0.1) is 24.4 Å². The van der Waals surface area contributed by atoms with E-state index >= 15 is 0 Å². The van der Waals surface area contributed by atoms with Gasteiger partial charge in [-0.05, 0) is 19.3 Å². The molecular formula is C11H19N3O2. The van der Waals surface area contributed by atoms with Crippen LogP contribution >= 0.6 is 0 Å². The van der Waals surface area contributed by atoms with Gasteiger partial charge in [0.25, 0.3) is 0 Å². The normalized spacial score (nSPS) is 27.9. The Morgan fingerprint density at radius 3 is 2.94 bits per heavy atom. The molecule has 90 valence electrons. The molecule has 0 amide bonds. The van der Waals surface area contributed by atoms with E-state index < -0.39 is 6.10 Å². The molecule has 3 unspecified atom stereocenters. The van der Waals surface area contributed by atoms with E-state index in [0.29, 0.717) is 12.1 Å². The third-order valence-corrected chi connectivity index (χ3v) is 3.29. The molecule has 5 nitrogen and oxygen atoms in total. The summed E-state index contributed by atoms with van der Waals surface area (Å²) >= 11 is 0. The first kappa shape index (κ1) is 11.5. The fraction of sp³-hybridized carbons (Fsp3) is 0.818. The second-order valence-corrected chi connectivity index (χ2v) is 4.47. The van der Waals surface area contributed by atoms with Crippen molar-refractivity contribution in [2.24, 2.45) is 0 Å². The number of aromatic nitrogens is 3. The first-order chi connectivity index (χ1) is 7.72. The minimum Gasteiger partial charge on any atom is -0.391 e. The molecule has 0 saturated heterocycles. The first-order valence-electron chi connectivity index (χ1n) is 6.00. The maximum Gasteiger partial charge on any atom is 0.111 e. The lowest BCUT2D eigenvalue weighted by Crippen LogP contribution is -2.27. The van der Waals surface area contributed by atoms with Crippen molar-refractivity contribution < 1.29 is 10.2 Å². The summed E-state index contributed by atoms with van der Waals surface area (Å²) in [6.45, 7) is 1.90. The summed E-state index contributed by atoms with van der Waals surface area (Å²) in [6, 6.07) is 0.0269. The molecule has 0 aliphatic heterocycles. The van der Waals surface area contributed by atoms with Crippen LogP contribution in [-0.2, 0) is 0 Å². The van der Waals surface area contributed by atoms with Gasteiger partial charge in [0.2, 0.25) is 0 Å². The molecule has 2 rings (SSSR count). The van der Waals surface area contributed by atoms with Crippen LogP contribution in [-0.4, -0.2) is 31.3 Å². The molecule has 0 bridgehead atoms. The van der Waals surface area contributed by atoms with Gasteiger partial charge in [0.15, 0.2) is 0 Å². The quantitative estimate of drug-likeness (QED) is 0.810. The van der Waals surface area contributed by atoms with Gasteiger partial charge < -0.3 is 10.2 Å². The molecule has 1 aromatic rings. The highest BCUT2D eigenvalue weighted by molar-refractivity contribution is 4.98. The van der Waals surface area contributed by atoms with Crippen LogP contribution in [0, 0.1) is 0 Å². The van der Waals surface area contributed by atoms with Gasteiger partial charge in [-0.15, -0.1) is 5.10 Å². The molecule has 5 heteroatoms. The van der Waals surface area contributed by atoms with Crippen molar-refractivity contribution in [1.29, 1.82) is 0 Å². The Labute approximate surface area is 95.1 Å². The average molecular weight is 225 g/mol. The van der Waals surface area contributed by atoms with Crippen molar-refractivity contribution in [2.75, 3.05) is 0 Å². The molecule has 1 saturated carbocycles. The zero-order valence-corrected chi connectivity index (χ0v) is 9.58. The lowest BCUT2D eigenvalue weighted by atomic mass is 9.93. The van der Waals surface area contributed by atoms with Crippen LogP contribution in [0.1, 0.15) is 56.9 Å². The monoisotopic (exact) mass is 225 g/mol. The molecule has 1 aliphatic carbocycles. The second kappa shape index (κ2) is 4.93. The van der Waals surface area contributed by atoms with Crippen molar-refractivity contribution in [3.05, 3.63) is 11.9 Å². The molecule has 1 fully saturated rings. The Bertz CT molecular complexity index is 340. The van der Waals surface area contributed by atoms with Gasteiger partial charge in [0, 0.05) is 0 Å². The van der Waals surface area contributed by atoms with Gasteiger partial charge in [-0.25, -0.2) is 4.68 Å². The van der Waals surface area contributed by atoms with Crippen molar-refractivity contribution in [1.82, 2.24) is 15.0 Å². The van der Waals surface area contributed by atoms with E-state index in [1.165, 1.54) is 0 Å². The summed E-state index contributed by atoms with van der Waals surface area (Å²) < 4.78 is 1.71. The van der Waals surface area contributed by atoms with E-state index in [0.717, 1.165) is 25.7 Å². The number of rotatable bonds is 3. The fourth-order valence-corrected chi connectivity index (χ4v) is 2.21. The van der Waals surface area contributed by atoms with Gasteiger partial charge in [-0.2, -0.15) is 0 Å². The predicted molar refractivity (Wildman–Crippen MR) is 58.8 cm³/mol. The van der Waals surface area contributed by atoms with Crippen molar-refractivity contribution >= 4 is 0 Å². The lowest BCUT2D eigenvalue weighted by Gasteiger charge is -2.27. The number of aliphatic hydroxyl groups excluding tert-OH is 2. The first-order valence-corrected chi connectivity index (χ1v) is 6.00. The molecule has 1 aromatic heterocycles. The maximum absolute atomic E-state index is 9.88. The average Bonchev–Trinajstić information content (AvgIpc) is 2.78. The molecule has 0 spiro atoms. The lowest BCUT2D eigenvalue weighted by molar-refractivity contribution is 0.0684. The third-order valence-electron chi connectivity index (χ3n) is 3.29. The molecule has 0 radical (unpaired) electrons. The zero-order valence-electron chi connectivity index (χ0n) is 9.58. The summed E-state index contributed by atoms with van der Waals surface area (Å²) in [5, 5.41) is 27.5. The predicted octanol–water partition coefficient (Wildman–Crippen LogP) is 1.20. The second-order valence-electron chi connectivity index (χ2n) is 4.47. The Kier molecular flexibility index (Phi) is 3.56. The molecule has 16 heavy (non-hydrogen) atoms. The van der Waals surface area contributed by atoms with Gasteiger partial charge >= 0.3 is 0 Å². The van der Waals surface area contributed by atoms with Crippen LogP contribution < -0.4 is 0 Å². The number of aliphatic hydroxyl groups is 2. The number of hydrogen-bond acceptors (Lipinski definition) is 4. The van der Waals surface area contributed by atoms with Gasteiger partial charge in [0.1, 0.15) is 5.69 Å². The van der Waals surface area contributed by atoms with Crippen LogP contribution in [0.4, 0.5) is 0 Å². The number of hydrogen-bond donors (Lipinski definition) is 2. The number of nitrogens with zero attached hydrogens (tertiary/aromatic N) is 3. The smallest absolute Gasteiger partial charge is 0.111 e. The van der Waals surface area contributed by atoms with Gasteiger partial charge in [-0.3, -0.25) is 0 Å². The molecule has 1 aliphatic rings. The van der Waals surface area contributed by atoms with Crippen LogP contribution in [0.2, 0.25) is 0 Å². The minimum atomic E-state index is -0.547. The molecule has 3 atom stereocenters. The standard InChI is InChI=1S/C11H19N3O2/c1-2-10(15)8-7-14(13-12-8)9-5-3-4-6-11(9)16/h7,9-11,15-16H,2-6H2,1H3. The molecule has 0 aromatic carbocycles. The molecule has 1 heterocycles. The summed E-state index contributed by atoms with van der Waals surface area (Å²) in [4.78, 5) is 0.